The number of hydrogen-bond donors (Lipinski definition) is 2. The van der Waals surface area contributed by atoms with Gasteiger partial charge < -0.3 is 15.2 Å². The molecule has 0 spiro atoms. The Balaban J connectivity index is 1.86. The van der Waals surface area contributed by atoms with Crippen molar-refractivity contribution in [2.24, 2.45) is 10.9 Å². The highest BCUT2D eigenvalue weighted by Gasteiger charge is 2.23. The van der Waals surface area contributed by atoms with Crippen LogP contribution in [0.25, 0.3) is 0 Å². The molecule has 0 radical (unpaired) electrons. The molecule has 1 fully saturated rings. The lowest BCUT2D eigenvalue weighted by Crippen LogP contribution is -2.38. The van der Waals surface area contributed by atoms with Crippen molar-refractivity contribution in [3.8, 4) is 0 Å². The molecular weight excluding hydrogens is 356 g/mol. The molecule has 1 aromatic heterocycles. The molecule has 7 heteroatoms. The van der Waals surface area contributed by atoms with E-state index in [9.17, 15) is 0 Å². The van der Waals surface area contributed by atoms with E-state index in [1.807, 2.05) is 0 Å². The Morgan fingerprint density at radius 3 is 2.56 bits per heavy atom. The van der Waals surface area contributed by atoms with Crippen LogP contribution < -0.4 is 10.6 Å². The molecule has 0 aromatic carbocycles. The number of nitrogens with one attached hydrogen (secondary N) is 2. The molecule has 6 nitrogen and oxygen atoms in total. The average molecular weight is 395 g/mol. The highest BCUT2D eigenvalue weighted by Crippen LogP contribution is 2.33. The second-order valence-electron chi connectivity index (χ2n) is 7.34. The molecule has 0 unspecified atom stereocenters. The van der Waals surface area contributed by atoms with Crippen molar-refractivity contribution in [2.75, 3.05) is 25.9 Å². The molecule has 1 aromatic rings. The fraction of sp³-hybridized carbons (Fsp3) is 0.850. The van der Waals surface area contributed by atoms with Gasteiger partial charge >= 0.3 is 0 Å². The first-order valence-corrected chi connectivity index (χ1v) is 12.0. The van der Waals surface area contributed by atoms with Crippen LogP contribution in [0, 0.1) is 5.92 Å². The van der Waals surface area contributed by atoms with E-state index >= 15 is 0 Å². The van der Waals surface area contributed by atoms with Gasteiger partial charge in [0.05, 0.1) is 0 Å². The van der Waals surface area contributed by atoms with Crippen molar-refractivity contribution in [3.63, 3.8) is 0 Å². The smallest absolute Gasteiger partial charge is 0.191 e. The molecule has 154 valence electrons. The van der Waals surface area contributed by atoms with E-state index < -0.39 is 0 Å². The lowest BCUT2D eigenvalue weighted by molar-refractivity contribution is 0.460. The maximum Gasteiger partial charge on any atom is 0.191 e. The van der Waals surface area contributed by atoms with Gasteiger partial charge in [0.25, 0.3) is 0 Å². The largest absolute Gasteiger partial charge is 0.357 e. The number of aliphatic imine (C=N–C) groups is 1. The van der Waals surface area contributed by atoms with Crippen molar-refractivity contribution in [1.29, 1.82) is 0 Å². The van der Waals surface area contributed by atoms with Crippen molar-refractivity contribution >= 4 is 17.7 Å². The number of nitrogens with zero attached hydrogens (tertiary/aromatic N) is 4. The molecule has 2 rings (SSSR count). The molecule has 27 heavy (non-hydrogen) atoms. The van der Waals surface area contributed by atoms with Gasteiger partial charge in [-0.25, -0.2) is 0 Å². The minimum Gasteiger partial charge on any atom is -0.357 e. The maximum absolute atomic E-state index is 4.76. The highest BCUT2D eigenvalue weighted by molar-refractivity contribution is 7.98. The minimum atomic E-state index is 0.601. The first kappa shape index (κ1) is 22.1. The molecule has 1 aliphatic carbocycles. The number of guanidine groups is 1. The summed E-state index contributed by atoms with van der Waals surface area (Å²) in [4.78, 5) is 4.76. The Morgan fingerprint density at radius 2 is 1.93 bits per heavy atom. The second-order valence-corrected chi connectivity index (χ2v) is 8.12. The number of rotatable bonds is 11. The third kappa shape index (κ3) is 6.70. The topological polar surface area (TPSA) is 67.1 Å². The Morgan fingerprint density at radius 1 is 1.19 bits per heavy atom. The van der Waals surface area contributed by atoms with E-state index in [1.165, 1.54) is 38.5 Å². The van der Waals surface area contributed by atoms with Gasteiger partial charge in [-0.2, -0.15) is 0 Å². The van der Waals surface area contributed by atoms with E-state index in [0.717, 1.165) is 49.4 Å². The fourth-order valence-electron chi connectivity index (χ4n) is 3.71. The molecule has 0 bridgehead atoms. The van der Waals surface area contributed by atoms with Gasteiger partial charge in [0.15, 0.2) is 11.1 Å². The SMILES string of the molecule is CCNC(=NCC(CC)CC)NCCCc1nnc(SC)n1C1CCCC1. The number of aryl methyl sites for hydroxylation is 1. The monoisotopic (exact) mass is 394 g/mol. The van der Waals surface area contributed by atoms with E-state index in [0.29, 0.717) is 12.0 Å². The van der Waals surface area contributed by atoms with Crippen molar-refractivity contribution < 1.29 is 0 Å². The molecule has 1 aliphatic rings. The van der Waals surface area contributed by atoms with E-state index in [1.54, 1.807) is 11.8 Å². The van der Waals surface area contributed by atoms with Crippen LogP contribution in [0.4, 0.5) is 0 Å². The molecular formula is C20H38N6S. The zero-order chi connectivity index (χ0) is 19.5. The normalized spacial score (nSPS) is 15.7. The lowest BCUT2D eigenvalue weighted by atomic mass is 10.0. The van der Waals surface area contributed by atoms with Crippen LogP contribution in [-0.4, -0.2) is 46.6 Å². The summed E-state index contributed by atoms with van der Waals surface area (Å²) in [7, 11) is 0. The first-order valence-electron chi connectivity index (χ1n) is 10.7. The third-order valence-corrected chi connectivity index (χ3v) is 6.13. The van der Waals surface area contributed by atoms with Gasteiger partial charge in [-0.15, -0.1) is 10.2 Å². The van der Waals surface area contributed by atoms with Gasteiger partial charge in [0.1, 0.15) is 5.82 Å². The second kappa shape index (κ2) is 12.3. The summed E-state index contributed by atoms with van der Waals surface area (Å²) < 4.78 is 2.41. The van der Waals surface area contributed by atoms with Crippen LogP contribution in [0.1, 0.15) is 77.6 Å². The predicted octanol–water partition coefficient (Wildman–Crippen LogP) is 4.04. The van der Waals surface area contributed by atoms with Crippen molar-refractivity contribution in [1.82, 2.24) is 25.4 Å². The zero-order valence-corrected chi connectivity index (χ0v) is 18.4. The van der Waals surface area contributed by atoms with E-state index in [-0.39, 0.29) is 0 Å². The Labute approximate surface area is 169 Å². The summed E-state index contributed by atoms with van der Waals surface area (Å²) >= 11 is 1.71. The van der Waals surface area contributed by atoms with Crippen LogP contribution in [-0.2, 0) is 6.42 Å². The zero-order valence-electron chi connectivity index (χ0n) is 17.6. The lowest BCUT2D eigenvalue weighted by Gasteiger charge is -2.17. The van der Waals surface area contributed by atoms with E-state index in [4.69, 9.17) is 4.99 Å². The molecule has 0 saturated heterocycles. The summed E-state index contributed by atoms with van der Waals surface area (Å²) in [6.07, 6.45) is 11.7. The van der Waals surface area contributed by atoms with E-state index in [2.05, 4.69) is 52.4 Å². The first-order chi connectivity index (χ1) is 13.2. The molecule has 0 aliphatic heterocycles. The maximum atomic E-state index is 4.76. The average Bonchev–Trinajstić information content (AvgIpc) is 3.34. The fourth-order valence-corrected chi connectivity index (χ4v) is 4.28. The third-order valence-electron chi connectivity index (χ3n) is 5.48. The van der Waals surface area contributed by atoms with Crippen molar-refractivity contribution in [2.45, 2.75) is 83.3 Å². The predicted molar refractivity (Wildman–Crippen MR) is 116 cm³/mol. The Kier molecular flexibility index (Phi) is 10.0. The summed E-state index contributed by atoms with van der Waals surface area (Å²) in [6, 6.07) is 0.601. The van der Waals surface area contributed by atoms with Crippen LogP contribution in [0.3, 0.4) is 0 Å². The van der Waals surface area contributed by atoms with Crippen LogP contribution in [0.2, 0.25) is 0 Å². The standard InChI is InChI=1S/C20H38N6S/c1-5-16(6-2)15-23-19(21-7-3)22-14-10-13-18-24-25-20(27-4)26(18)17-11-8-9-12-17/h16-17H,5-15H2,1-4H3,(H2,21,22,23). The van der Waals surface area contributed by atoms with Gasteiger partial charge in [0.2, 0.25) is 0 Å². The molecule has 1 saturated carbocycles. The Hall–Kier alpha value is -1.24. The minimum absolute atomic E-state index is 0.601. The van der Waals surface area contributed by atoms with Gasteiger partial charge in [-0.1, -0.05) is 51.3 Å². The highest BCUT2D eigenvalue weighted by atomic mass is 32.2. The van der Waals surface area contributed by atoms with Crippen LogP contribution in [0.15, 0.2) is 10.1 Å². The summed E-state index contributed by atoms with van der Waals surface area (Å²) in [5.41, 5.74) is 0. The van der Waals surface area contributed by atoms with Gasteiger partial charge in [-0.3, -0.25) is 4.99 Å². The molecule has 0 atom stereocenters. The van der Waals surface area contributed by atoms with Gasteiger partial charge in [0, 0.05) is 32.1 Å². The summed E-state index contributed by atoms with van der Waals surface area (Å²) in [5.74, 6) is 2.76. The number of thioether (sulfide) groups is 1. The molecule has 0 amide bonds. The summed E-state index contributed by atoms with van der Waals surface area (Å²) in [5, 5.41) is 16.8. The molecule has 2 N–H and O–H groups in total. The number of aromatic nitrogens is 3. The van der Waals surface area contributed by atoms with Crippen molar-refractivity contribution in [3.05, 3.63) is 5.82 Å². The Bertz CT molecular complexity index is 561. The molecule has 1 heterocycles. The van der Waals surface area contributed by atoms with Crippen LogP contribution >= 0.6 is 11.8 Å². The van der Waals surface area contributed by atoms with Gasteiger partial charge in [-0.05, 0) is 38.4 Å². The number of hydrogen-bond acceptors (Lipinski definition) is 4. The summed E-state index contributed by atoms with van der Waals surface area (Å²) in [6.45, 7) is 9.29. The van der Waals surface area contributed by atoms with Crippen LogP contribution in [0.5, 0.6) is 0 Å². The quantitative estimate of drug-likeness (QED) is 0.257.